The summed E-state index contributed by atoms with van der Waals surface area (Å²) in [5.41, 5.74) is 0.712. The van der Waals surface area contributed by atoms with Gasteiger partial charge in [-0.25, -0.2) is 4.98 Å². The molecule has 0 amide bonds. The maximum atomic E-state index is 11.5. The lowest BCUT2D eigenvalue weighted by molar-refractivity contribution is 0.0871. The molecule has 16 heavy (non-hydrogen) atoms. The first kappa shape index (κ1) is 12.9. The van der Waals surface area contributed by atoms with Crippen molar-refractivity contribution in [2.75, 3.05) is 7.11 Å². The van der Waals surface area contributed by atoms with E-state index in [-0.39, 0.29) is 17.6 Å². The summed E-state index contributed by atoms with van der Waals surface area (Å²) in [4.78, 5) is 18.7. The van der Waals surface area contributed by atoms with Crippen molar-refractivity contribution in [2.45, 2.75) is 45.6 Å². The van der Waals surface area contributed by atoms with Crippen molar-refractivity contribution in [3.8, 4) is 0 Å². The molecule has 0 spiro atoms. The van der Waals surface area contributed by atoms with Crippen molar-refractivity contribution in [3.63, 3.8) is 0 Å². The fourth-order valence-corrected chi connectivity index (χ4v) is 1.57. The molecule has 90 valence electrons. The van der Waals surface area contributed by atoms with E-state index in [0.29, 0.717) is 5.82 Å². The Morgan fingerprint density at radius 2 is 2.19 bits per heavy atom. The van der Waals surface area contributed by atoms with Gasteiger partial charge in [-0.1, -0.05) is 27.2 Å². The van der Waals surface area contributed by atoms with E-state index in [9.17, 15) is 4.79 Å². The maximum absolute atomic E-state index is 11.5. The lowest BCUT2D eigenvalue weighted by atomic mass is 10.1. The second-order valence-corrected chi connectivity index (χ2v) is 4.22. The molecule has 0 saturated carbocycles. The molecule has 1 N–H and O–H groups in total. The summed E-state index contributed by atoms with van der Waals surface area (Å²) in [6, 6.07) is 1.55. The molecule has 1 unspecified atom stereocenters. The zero-order chi connectivity index (χ0) is 12.1. The van der Waals surface area contributed by atoms with Crippen LogP contribution < -0.4 is 5.56 Å². The number of nitrogens with one attached hydrogen (secondary N) is 1. The van der Waals surface area contributed by atoms with Crippen LogP contribution in [0.4, 0.5) is 0 Å². The highest BCUT2D eigenvalue weighted by Crippen LogP contribution is 2.19. The first-order valence-electron chi connectivity index (χ1n) is 5.72. The molecule has 1 heterocycles. The van der Waals surface area contributed by atoms with Gasteiger partial charge >= 0.3 is 0 Å². The fraction of sp³-hybridized carbons (Fsp3) is 0.667. The van der Waals surface area contributed by atoms with Crippen molar-refractivity contribution >= 4 is 0 Å². The molecule has 0 aliphatic rings. The van der Waals surface area contributed by atoms with Gasteiger partial charge in [0.1, 0.15) is 11.9 Å². The van der Waals surface area contributed by atoms with E-state index in [1.807, 2.05) is 13.8 Å². The van der Waals surface area contributed by atoms with Crippen molar-refractivity contribution in [3.05, 3.63) is 27.9 Å². The van der Waals surface area contributed by atoms with Gasteiger partial charge in [0.15, 0.2) is 0 Å². The Bertz CT molecular complexity index is 385. The summed E-state index contributed by atoms with van der Waals surface area (Å²) in [6.45, 7) is 6.12. The Balaban J connectivity index is 3.07. The molecular weight excluding hydrogens is 204 g/mol. The predicted molar refractivity (Wildman–Crippen MR) is 63.6 cm³/mol. The van der Waals surface area contributed by atoms with Gasteiger partial charge in [0.2, 0.25) is 0 Å². The molecule has 0 aliphatic heterocycles. The number of rotatable bonds is 5. The van der Waals surface area contributed by atoms with E-state index in [1.165, 1.54) is 0 Å². The van der Waals surface area contributed by atoms with Crippen LogP contribution in [0, 0.1) is 0 Å². The lowest BCUT2D eigenvalue weighted by Gasteiger charge is -2.14. The molecule has 1 rings (SSSR count). The summed E-state index contributed by atoms with van der Waals surface area (Å²) < 4.78 is 5.33. The topological polar surface area (TPSA) is 55.0 Å². The van der Waals surface area contributed by atoms with Gasteiger partial charge in [0.25, 0.3) is 5.56 Å². The van der Waals surface area contributed by atoms with Crippen LogP contribution in [0.15, 0.2) is 10.9 Å². The van der Waals surface area contributed by atoms with E-state index in [4.69, 9.17) is 4.74 Å². The van der Waals surface area contributed by atoms with Crippen LogP contribution >= 0.6 is 0 Å². The Morgan fingerprint density at radius 3 is 2.69 bits per heavy atom. The number of methoxy groups -OCH3 is 1. The SMILES string of the molecule is CCCC(OC)c1nc(C(C)C)cc(=O)[nH]1. The van der Waals surface area contributed by atoms with Crippen molar-refractivity contribution in [1.29, 1.82) is 0 Å². The minimum absolute atomic E-state index is 0.105. The zero-order valence-corrected chi connectivity index (χ0v) is 10.4. The highest BCUT2D eigenvalue weighted by Gasteiger charge is 2.14. The average Bonchev–Trinajstić information content (AvgIpc) is 2.24. The third kappa shape index (κ3) is 3.17. The third-order valence-electron chi connectivity index (χ3n) is 2.51. The van der Waals surface area contributed by atoms with Crippen LogP contribution in [-0.2, 0) is 4.74 Å². The summed E-state index contributed by atoms with van der Waals surface area (Å²) in [7, 11) is 1.64. The number of ether oxygens (including phenoxy) is 1. The van der Waals surface area contributed by atoms with E-state index < -0.39 is 0 Å². The Morgan fingerprint density at radius 1 is 1.50 bits per heavy atom. The summed E-state index contributed by atoms with van der Waals surface area (Å²) in [5, 5.41) is 0. The van der Waals surface area contributed by atoms with Crippen molar-refractivity contribution < 1.29 is 4.74 Å². The Kier molecular flexibility index (Phi) is 4.68. The first-order valence-corrected chi connectivity index (χ1v) is 5.72. The standard InChI is InChI=1S/C12H20N2O2/c1-5-6-10(16-4)12-13-9(8(2)3)7-11(15)14-12/h7-8,10H,5-6H2,1-4H3,(H,13,14,15). The molecule has 0 aromatic carbocycles. The van der Waals surface area contributed by atoms with E-state index in [1.54, 1.807) is 13.2 Å². The quantitative estimate of drug-likeness (QED) is 0.835. The van der Waals surface area contributed by atoms with Crippen LogP contribution in [0.3, 0.4) is 0 Å². The van der Waals surface area contributed by atoms with Crippen LogP contribution in [-0.4, -0.2) is 17.1 Å². The van der Waals surface area contributed by atoms with Gasteiger partial charge < -0.3 is 9.72 Å². The molecular formula is C12H20N2O2. The summed E-state index contributed by atoms with van der Waals surface area (Å²) in [5.74, 6) is 0.890. The van der Waals surface area contributed by atoms with Gasteiger partial charge in [-0.15, -0.1) is 0 Å². The molecule has 0 bridgehead atoms. The van der Waals surface area contributed by atoms with Crippen LogP contribution in [0.5, 0.6) is 0 Å². The van der Waals surface area contributed by atoms with Crippen LogP contribution in [0.2, 0.25) is 0 Å². The maximum Gasteiger partial charge on any atom is 0.251 e. The Labute approximate surface area is 96.1 Å². The molecule has 0 aliphatic carbocycles. The third-order valence-corrected chi connectivity index (χ3v) is 2.51. The van der Waals surface area contributed by atoms with Gasteiger partial charge in [-0.2, -0.15) is 0 Å². The zero-order valence-electron chi connectivity index (χ0n) is 10.4. The van der Waals surface area contributed by atoms with Crippen LogP contribution in [0.1, 0.15) is 57.2 Å². The molecule has 1 atom stereocenters. The van der Waals surface area contributed by atoms with Gasteiger partial charge in [0, 0.05) is 13.2 Å². The molecule has 4 nitrogen and oxygen atoms in total. The largest absolute Gasteiger partial charge is 0.374 e. The fourth-order valence-electron chi connectivity index (χ4n) is 1.57. The first-order chi connectivity index (χ1) is 7.58. The smallest absolute Gasteiger partial charge is 0.251 e. The molecule has 0 saturated heterocycles. The van der Waals surface area contributed by atoms with E-state index in [2.05, 4.69) is 16.9 Å². The van der Waals surface area contributed by atoms with Gasteiger partial charge in [-0.3, -0.25) is 4.79 Å². The molecule has 1 aromatic heterocycles. The van der Waals surface area contributed by atoms with Crippen molar-refractivity contribution in [2.24, 2.45) is 0 Å². The van der Waals surface area contributed by atoms with E-state index in [0.717, 1.165) is 18.5 Å². The number of hydrogen-bond donors (Lipinski definition) is 1. The second kappa shape index (κ2) is 5.80. The predicted octanol–water partition coefficient (Wildman–Crippen LogP) is 2.38. The molecule has 0 fully saturated rings. The number of aromatic amines is 1. The van der Waals surface area contributed by atoms with Crippen molar-refractivity contribution in [1.82, 2.24) is 9.97 Å². The average molecular weight is 224 g/mol. The number of nitrogens with zero attached hydrogens (tertiary/aromatic N) is 1. The molecule has 4 heteroatoms. The highest BCUT2D eigenvalue weighted by atomic mass is 16.5. The minimum Gasteiger partial charge on any atom is -0.374 e. The Hall–Kier alpha value is -1.16. The second-order valence-electron chi connectivity index (χ2n) is 4.22. The van der Waals surface area contributed by atoms with Gasteiger partial charge in [-0.05, 0) is 12.3 Å². The van der Waals surface area contributed by atoms with E-state index >= 15 is 0 Å². The van der Waals surface area contributed by atoms with Crippen LogP contribution in [0.25, 0.3) is 0 Å². The molecule has 0 radical (unpaired) electrons. The summed E-state index contributed by atoms with van der Waals surface area (Å²) in [6.07, 6.45) is 1.74. The minimum atomic E-state index is -0.114. The van der Waals surface area contributed by atoms with Gasteiger partial charge in [0.05, 0.1) is 5.69 Å². The lowest BCUT2D eigenvalue weighted by Crippen LogP contribution is -2.17. The molecule has 1 aromatic rings. The highest BCUT2D eigenvalue weighted by molar-refractivity contribution is 5.08. The normalized spacial score (nSPS) is 13.1. The number of H-pyrrole nitrogens is 1. The monoisotopic (exact) mass is 224 g/mol. The number of hydrogen-bond acceptors (Lipinski definition) is 3. The number of aromatic nitrogens is 2. The summed E-state index contributed by atoms with van der Waals surface area (Å²) >= 11 is 0.